The van der Waals surface area contributed by atoms with Gasteiger partial charge in [0.25, 0.3) is 0 Å². The summed E-state index contributed by atoms with van der Waals surface area (Å²) in [7, 11) is 1.65. The number of Topliss-reactive ketones (excluding diaryl/α,β-unsaturated/α-hetero) is 1. The molecule has 0 saturated carbocycles. The molecule has 0 unspecified atom stereocenters. The zero-order chi connectivity index (χ0) is 14.1. The van der Waals surface area contributed by atoms with Crippen molar-refractivity contribution in [1.82, 2.24) is 4.98 Å². The lowest BCUT2D eigenvalue weighted by molar-refractivity contribution is 0.102. The third-order valence-corrected chi connectivity index (χ3v) is 4.36. The lowest BCUT2D eigenvalue weighted by Crippen LogP contribution is -1.85. The Bertz CT molecular complexity index is 775. The van der Waals surface area contributed by atoms with Crippen molar-refractivity contribution in [2.24, 2.45) is 0 Å². The van der Waals surface area contributed by atoms with Crippen molar-refractivity contribution in [1.29, 1.82) is 0 Å². The second kappa shape index (κ2) is 5.06. The van der Waals surface area contributed by atoms with E-state index in [4.69, 9.17) is 4.74 Å². The van der Waals surface area contributed by atoms with Gasteiger partial charge in [-0.05, 0) is 30.7 Å². The minimum absolute atomic E-state index is 0.0897. The number of hydrogen-bond donors (Lipinski definition) is 0. The molecule has 0 spiro atoms. The van der Waals surface area contributed by atoms with E-state index in [1.807, 2.05) is 36.5 Å². The third-order valence-electron chi connectivity index (χ3n) is 3.19. The first-order valence-electron chi connectivity index (χ1n) is 6.22. The lowest BCUT2D eigenvalue weighted by atomic mass is 10.0. The van der Waals surface area contributed by atoms with Crippen molar-refractivity contribution in [3.8, 4) is 16.9 Å². The zero-order valence-electron chi connectivity index (χ0n) is 11.2. The number of carbonyl (C=O) groups excluding carboxylic acids is 1. The van der Waals surface area contributed by atoms with Crippen LogP contribution in [0.3, 0.4) is 0 Å². The Kier molecular flexibility index (Phi) is 3.24. The molecule has 0 fully saturated rings. The standard InChI is InChI=1S/C16H13NO2S/c1-10(18)15-7-13-14(8-17-9-16(13)20-15)11-3-5-12(19-2)6-4-11/h3-9H,1-2H3. The molecule has 3 rings (SSSR count). The molecule has 0 saturated heterocycles. The summed E-state index contributed by atoms with van der Waals surface area (Å²) >= 11 is 1.49. The fourth-order valence-electron chi connectivity index (χ4n) is 2.13. The van der Waals surface area contributed by atoms with Crippen LogP contribution in [0.15, 0.2) is 42.7 Å². The smallest absolute Gasteiger partial charge is 0.169 e. The van der Waals surface area contributed by atoms with Gasteiger partial charge in [0, 0.05) is 23.3 Å². The first-order chi connectivity index (χ1) is 9.69. The van der Waals surface area contributed by atoms with Gasteiger partial charge >= 0.3 is 0 Å². The summed E-state index contributed by atoms with van der Waals surface area (Å²) in [5.41, 5.74) is 2.10. The van der Waals surface area contributed by atoms with Crippen molar-refractivity contribution >= 4 is 27.2 Å². The van der Waals surface area contributed by atoms with Crippen LogP contribution in [0, 0.1) is 0 Å². The number of thiophene rings is 1. The first kappa shape index (κ1) is 12.8. The van der Waals surface area contributed by atoms with Crippen LogP contribution in [0.4, 0.5) is 0 Å². The Balaban J connectivity index is 2.16. The molecule has 0 aliphatic carbocycles. The molecule has 2 heterocycles. The Morgan fingerprint density at radius 1 is 1.20 bits per heavy atom. The summed E-state index contributed by atoms with van der Waals surface area (Å²) in [6.45, 7) is 1.59. The van der Waals surface area contributed by atoms with Gasteiger partial charge in [-0.2, -0.15) is 0 Å². The van der Waals surface area contributed by atoms with E-state index in [9.17, 15) is 4.79 Å². The van der Waals surface area contributed by atoms with Gasteiger partial charge in [-0.1, -0.05) is 12.1 Å². The molecule has 100 valence electrons. The number of aromatic nitrogens is 1. The molecule has 2 aromatic heterocycles. The van der Waals surface area contributed by atoms with Crippen LogP contribution in [0.1, 0.15) is 16.6 Å². The lowest BCUT2D eigenvalue weighted by Gasteiger charge is -2.04. The third kappa shape index (κ3) is 2.18. The van der Waals surface area contributed by atoms with Crippen LogP contribution in [-0.2, 0) is 0 Å². The Morgan fingerprint density at radius 2 is 1.95 bits per heavy atom. The molecular formula is C16H13NO2S. The molecule has 20 heavy (non-hydrogen) atoms. The van der Waals surface area contributed by atoms with Gasteiger partial charge in [0.1, 0.15) is 5.75 Å². The second-order valence-corrected chi connectivity index (χ2v) is 5.58. The SMILES string of the molecule is COc1ccc(-c2cncc3sc(C(C)=O)cc23)cc1. The highest BCUT2D eigenvalue weighted by Gasteiger charge is 2.11. The van der Waals surface area contributed by atoms with E-state index in [0.717, 1.165) is 31.8 Å². The summed E-state index contributed by atoms with van der Waals surface area (Å²) in [6.07, 6.45) is 3.64. The first-order valence-corrected chi connectivity index (χ1v) is 7.03. The molecule has 0 aliphatic heterocycles. The predicted molar refractivity (Wildman–Crippen MR) is 81.6 cm³/mol. The van der Waals surface area contributed by atoms with Crippen LogP contribution >= 0.6 is 11.3 Å². The van der Waals surface area contributed by atoms with E-state index in [1.165, 1.54) is 11.3 Å². The molecule has 0 aliphatic rings. The molecule has 3 aromatic rings. The summed E-state index contributed by atoms with van der Waals surface area (Å²) in [5.74, 6) is 0.913. The number of rotatable bonds is 3. The average molecular weight is 283 g/mol. The van der Waals surface area contributed by atoms with Crippen molar-refractivity contribution < 1.29 is 9.53 Å². The molecule has 0 amide bonds. The summed E-state index contributed by atoms with van der Waals surface area (Å²) in [4.78, 5) is 16.6. The van der Waals surface area contributed by atoms with Gasteiger partial charge < -0.3 is 4.74 Å². The zero-order valence-corrected chi connectivity index (χ0v) is 12.0. The molecule has 0 N–H and O–H groups in total. The quantitative estimate of drug-likeness (QED) is 0.677. The number of ether oxygens (including phenoxy) is 1. The highest BCUT2D eigenvalue weighted by Crippen LogP contribution is 2.34. The number of benzene rings is 1. The molecule has 4 heteroatoms. The van der Waals surface area contributed by atoms with Crippen LogP contribution < -0.4 is 4.74 Å². The van der Waals surface area contributed by atoms with E-state index in [2.05, 4.69) is 4.98 Å². The Hall–Kier alpha value is -2.20. The maximum atomic E-state index is 11.5. The Labute approximate surface area is 120 Å². The maximum Gasteiger partial charge on any atom is 0.169 e. The van der Waals surface area contributed by atoms with Gasteiger partial charge in [-0.3, -0.25) is 9.78 Å². The number of ketones is 1. The normalized spacial score (nSPS) is 10.7. The van der Waals surface area contributed by atoms with Crippen LogP contribution in [0.25, 0.3) is 21.2 Å². The molecule has 0 atom stereocenters. The number of nitrogens with zero attached hydrogens (tertiary/aromatic N) is 1. The van der Waals surface area contributed by atoms with Crippen molar-refractivity contribution in [2.75, 3.05) is 7.11 Å². The van der Waals surface area contributed by atoms with Gasteiger partial charge in [0.15, 0.2) is 5.78 Å². The van der Waals surface area contributed by atoms with E-state index in [1.54, 1.807) is 20.2 Å². The van der Waals surface area contributed by atoms with E-state index in [-0.39, 0.29) is 5.78 Å². The van der Waals surface area contributed by atoms with Crippen LogP contribution in [0.5, 0.6) is 5.75 Å². The van der Waals surface area contributed by atoms with Crippen LogP contribution in [-0.4, -0.2) is 17.9 Å². The highest BCUT2D eigenvalue weighted by molar-refractivity contribution is 7.20. The number of pyridine rings is 1. The topological polar surface area (TPSA) is 39.2 Å². The number of carbonyl (C=O) groups is 1. The Morgan fingerprint density at radius 3 is 2.60 bits per heavy atom. The van der Waals surface area contributed by atoms with Crippen LogP contribution in [0.2, 0.25) is 0 Å². The largest absolute Gasteiger partial charge is 0.497 e. The van der Waals surface area contributed by atoms with Gasteiger partial charge in [-0.15, -0.1) is 11.3 Å². The minimum Gasteiger partial charge on any atom is -0.497 e. The highest BCUT2D eigenvalue weighted by atomic mass is 32.1. The monoisotopic (exact) mass is 283 g/mol. The molecule has 3 nitrogen and oxygen atoms in total. The van der Waals surface area contributed by atoms with Crippen molar-refractivity contribution in [2.45, 2.75) is 6.92 Å². The molecule has 1 aromatic carbocycles. The minimum atomic E-state index is 0.0897. The molecule has 0 radical (unpaired) electrons. The summed E-state index contributed by atoms with van der Waals surface area (Å²) < 4.78 is 6.20. The van der Waals surface area contributed by atoms with Gasteiger partial charge in [-0.25, -0.2) is 0 Å². The van der Waals surface area contributed by atoms with E-state index in [0.29, 0.717) is 0 Å². The predicted octanol–water partition coefficient (Wildman–Crippen LogP) is 4.17. The van der Waals surface area contributed by atoms with Crippen molar-refractivity contribution in [3.63, 3.8) is 0 Å². The van der Waals surface area contributed by atoms with Crippen molar-refractivity contribution in [3.05, 3.63) is 47.6 Å². The number of hydrogen-bond acceptors (Lipinski definition) is 4. The van der Waals surface area contributed by atoms with Gasteiger partial charge in [0.05, 0.1) is 16.7 Å². The van der Waals surface area contributed by atoms with E-state index >= 15 is 0 Å². The fourth-order valence-corrected chi connectivity index (χ4v) is 3.08. The fraction of sp³-hybridized carbons (Fsp3) is 0.125. The average Bonchev–Trinajstić information content (AvgIpc) is 2.91. The van der Waals surface area contributed by atoms with E-state index < -0.39 is 0 Å². The maximum absolute atomic E-state index is 11.5. The summed E-state index contributed by atoms with van der Waals surface area (Å²) in [5, 5.41) is 1.07. The number of fused-ring (bicyclic) bond motifs is 1. The second-order valence-electron chi connectivity index (χ2n) is 4.49. The number of methoxy groups -OCH3 is 1. The van der Waals surface area contributed by atoms with Gasteiger partial charge in [0.2, 0.25) is 0 Å². The molecular weight excluding hydrogens is 270 g/mol. The summed E-state index contributed by atoms with van der Waals surface area (Å²) in [6, 6.07) is 9.79. The molecule has 0 bridgehead atoms.